The number of rotatable bonds is 2. The molecule has 2 rings (SSSR count). The number of hydrogen-bond donors (Lipinski definition) is 1. The normalized spacial score (nSPS) is 21.4. The van der Waals surface area contributed by atoms with Crippen molar-refractivity contribution in [1.29, 1.82) is 0 Å². The summed E-state index contributed by atoms with van der Waals surface area (Å²) in [5, 5.41) is 3.74. The van der Waals surface area contributed by atoms with Crippen molar-refractivity contribution in [2.45, 2.75) is 32.4 Å². The van der Waals surface area contributed by atoms with Gasteiger partial charge >= 0.3 is 0 Å². The third kappa shape index (κ3) is 3.07. The monoisotopic (exact) mass is 314 g/mol. The minimum absolute atomic E-state index is 0.102. The summed E-state index contributed by atoms with van der Waals surface area (Å²) in [6, 6.07) is 4.49. The van der Waals surface area contributed by atoms with Crippen LogP contribution in [0.1, 0.15) is 31.9 Å². The number of amides is 2. The molecule has 20 heavy (non-hydrogen) atoms. The highest BCUT2D eigenvalue weighted by molar-refractivity contribution is 6.35. The molecule has 2 amide bonds. The summed E-state index contributed by atoms with van der Waals surface area (Å²) in [7, 11) is 0. The van der Waals surface area contributed by atoms with Gasteiger partial charge in [-0.05, 0) is 31.5 Å². The molecule has 1 saturated heterocycles. The molecule has 0 saturated carbocycles. The van der Waals surface area contributed by atoms with Gasteiger partial charge in [0, 0.05) is 23.0 Å². The highest BCUT2D eigenvalue weighted by Crippen LogP contribution is 2.30. The number of carbonyl (C=O) groups is 2. The van der Waals surface area contributed by atoms with Crippen molar-refractivity contribution in [2.24, 2.45) is 0 Å². The van der Waals surface area contributed by atoms with Crippen molar-refractivity contribution in [3.8, 4) is 0 Å². The Kier molecular flexibility index (Phi) is 4.55. The lowest BCUT2D eigenvalue weighted by atomic mass is 10.1. The van der Waals surface area contributed by atoms with Gasteiger partial charge in [-0.3, -0.25) is 9.59 Å². The molecule has 1 aromatic carbocycles. The van der Waals surface area contributed by atoms with Crippen LogP contribution in [0.4, 0.5) is 0 Å². The molecule has 1 heterocycles. The Morgan fingerprint density at radius 3 is 2.70 bits per heavy atom. The van der Waals surface area contributed by atoms with Gasteiger partial charge in [0.1, 0.15) is 6.04 Å². The Bertz CT molecular complexity index is 548. The topological polar surface area (TPSA) is 49.4 Å². The minimum Gasteiger partial charge on any atom is -0.345 e. The molecule has 1 aromatic rings. The molecule has 0 spiro atoms. The fourth-order valence-electron chi connectivity index (χ4n) is 2.35. The summed E-state index contributed by atoms with van der Waals surface area (Å²) in [6.45, 7) is 3.97. The maximum Gasteiger partial charge on any atom is 0.245 e. The molecule has 0 radical (unpaired) electrons. The fraction of sp³-hybridized carbons (Fsp3) is 0.429. The van der Waals surface area contributed by atoms with Crippen molar-refractivity contribution in [3.63, 3.8) is 0 Å². The van der Waals surface area contributed by atoms with Gasteiger partial charge < -0.3 is 10.2 Å². The highest BCUT2D eigenvalue weighted by Gasteiger charge is 2.30. The third-order valence-electron chi connectivity index (χ3n) is 3.49. The minimum atomic E-state index is -0.515. The van der Waals surface area contributed by atoms with Gasteiger partial charge in [0.05, 0.1) is 6.04 Å². The first-order valence-corrected chi connectivity index (χ1v) is 7.20. The lowest BCUT2D eigenvalue weighted by Crippen LogP contribution is -2.43. The first-order chi connectivity index (χ1) is 9.40. The zero-order chi connectivity index (χ0) is 14.9. The largest absolute Gasteiger partial charge is 0.345 e. The Hall–Kier alpha value is -1.26. The van der Waals surface area contributed by atoms with Gasteiger partial charge in [-0.1, -0.05) is 29.3 Å². The summed E-state index contributed by atoms with van der Waals surface area (Å²) in [5.74, 6) is -0.211. The van der Waals surface area contributed by atoms with E-state index in [1.165, 1.54) is 0 Å². The van der Waals surface area contributed by atoms with E-state index in [2.05, 4.69) is 5.32 Å². The summed E-state index contributed by atoms with van der Waals surface area (Å²) >= 11 is 12.1. The number of halogens is 2. The van der Waals surface area contributed by atoms with Crippen LogP contribution in [-0.2, 0) is 9.59 Å². The van der Waals surface area contributed by atoms with Crippen LogP contribution in [0.2, 0.25) is 10.0 Å². The average Bonchev–Trinajstić information content (AvgIpc) is 2.49. The second kappa shape index (κ2) is 6.02. The van der Waals surface area contributed by atoms with Crippen LogP contribution in [0.25, 0.3) is 0 Å². The van der Waals surface area contributed by atoms with E-state index < -0.39 is 6.04 Å². The maximum atomic E-state index is 12.3. The lowest BCUT2D eigenvalue weighted by Gasteiger charge is -2.30. The Balaban J connectivity index is 2.28. The molecule has 0 aromatic heterocycles. The standard InChI is InChI=1S/C14H16Cl2N2O2/c1-8-14(20)18(6-5-13(19)17-8)9(2)11-4-3-10(15)7-12(11)16/h3-4,7-9H,5-6H2,1-2H3,(H,17,19). The van der Waals surface area contributed by atoms with Gasteiger partial charge in [0.2, 0.25) is 11.8 Å². The number of hydrogen-bond acceptors (Lipinski definition) is 2. The molecule has 4 nitrogen and oxygen atoms in total. The van der Waals surface area contributed by atoms with E-state index in [0.29, 0.717) is 23.0 Å². The second-order valence-electron chi connectivity index (χ2n) is 4.91. The molecule has 0 bridgehead atoms. The fourth-order valence-corrected chi connectivity index (χ4v) is 2.92. The zero-order valence-electron chi connectivity index (χ0n) is 11.3. The molecule has 0 aliphatic carbocycles. The molecule has 1 aliphatic heterocycles. The van der Waals surface area contributed by atoms with E-state index >= 15 is 0 Å². The lowest BCUT2D eigenvalue weighted by molar-refractivity contribution is -0.134. The molecule has 1 aliphatic rings. The van der Waals surface area contributed by atoms with E-state index in [-0.39, 0.29) is 17.9 Å². The molecule has 2 atom stereocenters. The van der Waals surface area contributed by atoms with Crippen molar-refractivity contribution in [1.82, 2.24) is 10.2 Å². The van der Waals surface area contributed by atoms with Gasteiger partial charge in [-0.15, -0.1) is 0 Å². The van der Waals surface area contributed by atoms with Crippen molar-refractivity contribution < 1.29 is 9.59 Å². The Morgan fingerprint density at radius 1 is 1.35 bits per heavy atom. The van der Waals surface area contributed by atoms with Crippen LogP contribution in [0.15, 0.2) is 18.2 Å². The SMILES string of the molecule is CC1NC(=O)CCN(C(C)c2ccc(Cl)cc2Cl)C1=O. The molecule has 1 fully saturated rings. The van der Waals surface area contributed by atoms with E-state index in [4.69, 9.17) is 23.2 Å². The summed E-state index contributed by atoms with van der Waals surface area (Å²) < 4.78 is 0. The third-order valence-corrected chi connectivity index (χ3v) is 4.05. The van der Waals surface area contributed by atoms with Crippen molar-refractivity contribution >= 4 is 35.0 Å². The molecular formula is C14H16Cl2N2O2. The predicted molar refractivity (Wildman–Crippen MR) is 78.8 cm³/mol. The first-order valence-electron chi connectivity index (χ1n) is 6.45. The van der Waals surface area contributed by atoms with Gasteiger partial charge in [-0.2, -0.15) is 0 Å². The first kappa shape index (κ1) is 15.1. The van der Waals surface area contributed by atoms with Gasteiger partial charge in [0.25, 0.3) is 0 Å². The molecular weight excluding hydrogens is 299 g/mol. The van der Waals surface area contributed by atoms with Crippen molar-refractivity contribution in [3.05, 3.63) is 33.8 Å². The number of carbonyl (C=O) groups excluding carboxylic acids is 2. The predicted octanol–water partition coefficient (Wildman–Crippen LogP) is 2.79. The average molecular weight is 315 g/mol. The van der Waals surface area contributed by atoms with Crippen LogP contribution < -0.4 is 5.32 Å². The smallest absolute Gasteiger partial charge is 0.245 e. The van der Waals surface area contributed by atoms with Crippen LogP contribution >= 0.6 is 23.2 Å². The zero-order valence-corrected chi connectivity index (χ0v) is 12.8. The Labute approximate surface area is 128 Å². The second-order valence-corrected chi connectivity index (χ2v) is 5.76. The summed E-state index contributed by atoms with van der Waals surface area (Å²) in [4.78, 5) is 25.5. The summed E-state index contributed by atoms with van der Waals surface area (Å²) in [6.07, 6.45) is 0.297. The van der Waals surface area contributed by atoms with Crippen LogP contribution in [0, 0.1) is 0 Å². The van der Waals surface area contributed by atoms with E-state index in [9.17, 15) is 9.59 Å². The Morgan fingerprint density at radius 2 is 2.05 bits per heavy atom. The van der Waals surface area contributed by atoms with Crippen LogP contribution in [0.3, 0.4) is 0 Å². The number of nitrogens with zero attached hydrogens (tertiary/aromatic N) is 1. The summed E-state index contributed by atoms with van der Waals surface area (Å²) in [5.41, 5.74) is 0.825. The van der Waals surface area contributed by atoms with Gasteiger partial charge in [0.15, 0.2) is 0 Å². The van der Waals surface area contributed by atoms with E-state index in [1.807, 2.05) is 13.0 Å². The number of nitrogens with one attached hydrogen (secondary N) is 1. The van der Waals surface area contributed by atoms with Crippen molar-refractivity contribution in [2.75, 3.05) is 6.54 Å². The molecule has 6 heteroatoms. The van der Waals surface area contributed by atoms with Crippen LogP contribution in [0.5, 0.6) is 0 Å². The van der Waals surface area contributed by atoms with Gasteiger partial charge in [-0.25, -0.2) is 0 Å². The van der Waals surface area contributed by atoms with E-state index in [1.54, 1.807) is 24.0 Å². The van der Waals surface area contributed by atoms with E-state index in [0.717, 1.165) is 5.56 Å². The number of benzene rings is 1. The molecule has 2 unspecified atom stereocenters. The molecule has 1 N–H and O–H groups in total. The molecule has 108 valence electrons. The quantitative estimate of drug-likeness (QED) is 0.912. The highest BCUT2D eigenvalue weighted by atomic mass is 35.5. The van der Waals surface area contributed by atoms with Crippen LogP contribution in [-0.4, -0.2) is 29.3 Å². The maximum absolute atomic E-state index is 12.3.